The zero-order chi connectivity index (χ0) is 20.1. The molecule has 144 valence electrons. The van der Waals surface area contributed by atoms with Crippen molar-refractivity contribution in [1.82, 2.24) is 20.2 Å². The summed E-state index contributed by atoms with van der Waals surface area (Å²) in [6.07, 6.45) is 0. The fourth-order valence-corrected chi connectivity index (χ4v) is 3.17. The molecule has 0 unspecified atom stereocenters. The number of rotatable bonds is 7. The van der Waals surface area contributed by atoms with E-state index in [4.69, 9.17) is 16.3 Å². The Balaban J connectivity index is 1.68. The standard InChI is InChI=1S/C16H13ClN6O4S/c1-27-14-5-3-2-4-13(14)22-16(19-20-21-22)28-9-15(24)18-12-7-6-10(23(25)26)8-11(12)17/h2-8H,9H2,1H3,(H,18,24). The van der Waals surface area contributed by atoms with Gasteiger partial charge in [-0.25, -0.2) is 0 Å². The van der Waals surface area contributed by atoms with E-state index in [1.165, 1.54) is 30.0 Å². The number of aromatic nitrogens is 4. The van der Waals surface area contributed by atoms with Crippen molar-refractivity contribution in [1.29, 1.82) is 0 Å². The van der Waals surface area contributed by atoms with Crippen molar-refractivity contribution in [3.63, 3.8) is 0 Å². The lowest BCUT2D eigenvalue weighted by Crippen LogP contribution is -2.15. The van der Waals surface area contributed by atoms with Crippen LogP contribution in [0.1, 0.15) is 0 Å². The van der Waals surface area contributed by atoms with E-state index in [-0.39, 0.29) is 28.1 Å². The molecular weight excluding hydrogens is 408 g/mol. The van der Waals surface area contributed by atoms with E-state index in [0.717, 1.165) is 11.8 Å². The number of nitro benzene ring substituents is 1. The van der Waals surface area contributed by atoms with Gasteiger partial charge in [-0.1, -0.05) is 35.5 Å². The molecule has 0 fully saturated rings. The molecule has 12 heteroatoms. The number of halogens is 1. The lowest BCUT2D eigenvalue weighted by molar-refractivity contribution is -0.384. The number of nitrogens with one attached hydrogen (secondary N) is 1. The minimum absolute atomic E-state index is 0.00282. The first-order valence-corrected chi connectivity index (χ1v) is 9.14. The van der Waals surface area contributed by atoms with Gasteiger partial charge in [0.05, 0.1) is 28.5 Å². The first kappa shape index (κ1) is 19.6. The van der Waals surface area contributed by atoms with E-state index in [2.05, 4.69) is 20.8 Å². The third-order valence-electron chi connectivity index (χ3n) is 3.52. The van der Waals surface area contributed by atoms with Gasteiger partial charge in [0.25, 0.3) is 5.69 Å². The van der Waals surface area contributed by atoms with Gasteiger partial charge in [0.15, 0.2) is 0 Å². The molecule has 1 N–H and O–H groups in total. The maximum atomic E-state index is 12.2. The molecule has 1 heterocycles. The van der Waals surface area contributed by atoms with Crippen molar-refractivity contribution in [3.05, 3.63) is 57.6 Å². The highest BCUT2D eigenvalue weighted by Gasteiger charge is 2.16. The van der Waals surface area contributed by atoms with Gasteiger partial charge in [0.1, 0.15) is 11.4 Å². The average molecular weight is 421 g/mol. The van der Waals surface area contributed by atoms with Gasteiger partial charge in [-0.15, -0.1) is 5.10 Å². The van der Waals surface area contributed by atoms with Crippen LogP contribution in [0.25, 0.3) is 5.69 Å². The molecule has 1 aromatic heterocycles. The number of carbonyl (C=O) groups is 1. The molecule has 0 bridgehead atoms. The van der Waals surface area contributed by atoms with Crippen molar-refractivity contribution in [3.8, 4) is 11.4 Å². The normalized spacial score (nSPS) is 10.5. The summed E-state index contributed by atoms with van der Waals surface area (Å²) in [7, 11) is 1.54. The SMILES string of the molecule is COc1ccccc1-n1nnnc1SCC(=O)Nc1ccc([N+](=O)[O-])cc1Cl. The lowest BCUT2D eigenvalue weighted by atomic mass is 10.3. The Morgan fingerprint density at radius 1 is 1.36 bits per heavy atom. The molecule has 0 aliphatic rings. The summed E-state index contributed by atoms with van der Waals surface area (Å²) < 4.78 is 6.77. The van der Waals surface area contributed by atoms with Crippen molar-refractivity contribution >= 4 is 40.6 Å². The van der Waals surface area contributed by atoms with Gasteiger partial charge in [0, 0.05) is 12.1 Å². The number of ether oxygens (including phenoxy) is 1. The molecular formula is C16H13ClN6O4S. The molecule has 28 heavy (non-hydrogen) atoms. The van der Waals surface area contributed by atoms with Crippen LogP contribution in [0.3, 0.4) is 0 Å². The maximum absolute atomic E-state index is 12.2. The first-order valence-electron chi connectivity index (χ1n) is 7.78. The van der Waals surface area contributed by atoms with Crippen LogP contribution in [0.2, 0.25) is 5.02 Å². The number of carbonyl (C=O) groups excluding carboxylic acids is 1. The molecule has 0 saturated heterocycles. The van der Waals surface area contributed by atoms with Crippen molar-refractivity contribution in [2.45, 2.75) is 5.16 Å². The number of amides is 1. The highest BCUT2D eigenvalue weighted by molar-refractivity contribution is 7.99. The molecule has 3 aromatic rings. The Morgan fingerprint density at radius 3 is 2.86 bits per heavy atom. The fourth-order valence-electron chi connectivity index (χ4n) is 2.26. The number of non-ortho nitro benzene ring substituents is 1. The van der Waals surface area contributed by atoms with Gasteiger partial charge in [-0.05, 0) is 28.6 Å². The minimum atomic E-state index is -0.564. The highest BCUT2D eigenvalue weighted by atomic mass is 35.5. The number of methoxy groups -OCH3 is 1. The summed E-state index contributed by atoms with van der Waals surface area (Å²) in [5.41, 5.74) is 0.756. The summed E-state index contributed by atoms with van der Waals surface area (Å²) in [6, 6.07) is 11.0. The van der Waals surface area contributed by atoms with Gasteiger partial charge in [-0.3, -0.25) is 14.9 Å². The van der Waals surface area contributed by atoms with Crippen LogP contribution in [0, 0.1) is 10.1 Å². The Bertz CT molecular complexity index is 1030. The number of hydrogen-bond donors (Lipinski definition) is 1. The van der Waals surface area contributed by atoms with Crippen LogP contribution in [0.15, 0.2) is 47.6 Å². The number of nitro groups is 1. The summed E-state index contributed by atoms with van der Waals surface area (Å²) >= 11 is 7.10. The van der Waals surface area contributed by atoms with E-state index in [1.807, 2.05) is 12.1 Å². The van der Waals surface area contributed by atoms with E-state index in [1.54, 1.807) is 12.1 Å². The van der Waals surface area contributed by atoms with E-state index in [9.17, 15) is 14.9 Å². The second kappa shape index (κ2) is 8.67. The molecule has 0 atom stereocenters. The third kappa shape index (κ3) is 4.38. The van der Waals surface area contributed by atoms with Crippen LogP contribution in [-0.4, -0.2) is 43.9 Å². The van der Waals surface area contributed by atoms with E-state index < -0.39 is 4.92 Å². The average Bonchev–Trinajstić information content (AvgIpc) is 3.16. The summed E-state index contributed by atoms with van der Waals surface area (Å²) in [5.74, 6) is 0.220. The number of anilines is 1. The summed E-state index contributed by atoms with van der Waals surface area (Å²) in [6.45, 7) is 0. The molecule has 0 radical (unpaired) electrons. The topological polar surface area (TPSA) is 125 Å². The van der Waals surface area contributed by atoms with Crippen LogP contribution < -0.4 is 10.1 Å². The molecule has 0 spiro atoms. The van der Waals surface area contributed by atoms with Crippen molar-refractivity contribution < 1.29 is 14.5 Å². The molecule has 0 saturated carbocycles. The van der Waals surface area contributed by atoms with E-state index in [0.29, 0.717) is 16.6 Å². The number of tetrazole rings is 1. The van der Waals surface area contributed by atoms with Gasteiger partial charge < -0.3 is 10.1 Å². The van der Waals surface area contributed by atoms with Crippen LogP contribution >= 0.6 is 23.4 Å². The smallest absolute Gasteiger partial charge is 0.271 e. The largest absolute Gasteiger partial charge is 0.494 e. The Morgan fingerprint density at radius 2 is 2.14 bits per heavy atom. The maximum Gasteiger partial charge on any atom is 0.271 e. The number of hydrogen-bond acceptors (Lipinski definition) is 8. The second-order valence-corrected chi connectivity index (χ2v) is 6.65. The predicted octanol–water partition coefficient (Wildman–Crippen LogP) is 2.96. The van der Waals surface area contributed by atoms with Crippen molar-refractivity contribution in [2.24, 2.45) is 0 Å². The zero-order valence-corrected chi connectivity index (χ0v) is 16.0. The predicted molar refractivity (Wildman–Crippen MR) is 103 cm³/mol. The van der Waals surface area contributed by atoms with Crippen LogP contribution in [0.5, 0.6) is 5.75 Å². The molecule has 0 aliphatic carbocycles. The number of para-hydroxylation sites is 2. The van der Waals surface area contributed by atoms with Gasteiger partial charge in [-0.2, -0.15) is 4.68 Å². The Labute approximate surface area is 168 Å². The first-order chi connectivity index (χ1) is 13.5. The Kier molecular flexibility index (Phi) is 6.06. The fraction of sp³-hybridized carbons (Fsp3) is 0.125. The minimum Gasteiger partial charge on any atom is -0.494 e. The lowest BCUT2D eigenvalue weighted by Gasteiger charge is -2.09. The van der Waals surface area contributed by atoms with Gasteiger partial charge >= 0.3 is 0 Å². The van der Waals surface area contributed by atoms with E-state index >= 15 is 0 Å². The molecule has 1 amide bonds. The Hall–Kier alpha value is -3.18. The van der Waals surface area contributed by atoms with Crippen LogP contribution in [-0.2, 0) is 4.79 Å². The van der Waals surface area contributed by atoms with Crippen LogP contribution in [0.4, 0.5) is 11.4 Å². The molecule has 3 rings (SSSR count). The second-order valence-electron chi connectivity index (χ2n) is 5.30. The molecule has 10 nitrogen and oxygen atoms in total. The quantitative estimate of drug-likeness (QED) is 0.351. The molecule has 2 aromatic carbocycles. The highest BCUT2D eigenvalue weighted by Crippen LogP contribution is 2.28. The summed E-state index contributed by atoms with van der Waals surface area (Å²) in [4.78, 5) is 22.4. The summed E-state index contributed by atoms with van der Waals surface area (Å²) in [5, 5.41) is 25.3. The van der Waals surface area contributed by atoms with Crippen molar-refractivity contribution in [2.75, 3.05) is 18.2 Å². The number of nitrogens with zero attached hydrogens (tertiary/aromatic N) is 5. The zero-order valence-electron chi connectivity index (χ0n) is 14.4. The third-order valence-corrected chi connectivity index (χ3v) is 4.76. The van der Waals surface area contributed by atoms with Gasteiger partial charge in [0.2, 0.25) is 11.1 Å². The number of benzene rings is 2. The molecule has 0 aliphatic heterocycles. The monoisotopic (exact) mass is 420 g/mol. The number of thioether (sulfide) groups is 1.